The number of hydrogen-bond acceptors (Lipinski definition) is 4. The van der Waals surface area contributed by atoms with Gasteiger partial charge in [0.1, 0.15) is 0 Å². The van der Waals surface area contributed by atoms with Crippen molar-refractivity contribution in [3.63, 3.8) is 0 Å². The van der Waals surface area contributed by atoms with Gasteiger partial charge in [-0.15, -0.1) is 11.3 Å². The van der Waals surface area contributed by atoms with Gasteiger partial charge in [-0.3, -0.25) is 4.90 Å². The van der Waals surface area contributed by atoms with Gasteiger partial charge in [-0.1, -0.05) is 6.07 Å². The Balaban J connectivity index is 1.47. The van der Waals surface area contributed by atoms with Gasteiger partial charge < -0.3 is 15.4 Å². The number of urea groups is 1. The van der Waals surface area contributed by atoms with Crippen LogP contribution in [0.25, 0.3) is 0 Å². The van der Waals surface area contributed by atoms with Crippen LogP contribution in [0.3, 0.4) is 0 Å². The minimum atomic E-state index is -0.0868. The molecule has 0 saturated carbocycles. The van der Waals surface area contributed by atoms with E-state index in [9.17, 15) is 4.79 Å². The normalized spacial score (nSPS) is 23.5. The number of carbonyl (C=O) groups is 1. The van der Waals surface area contributed by atoms with E-state index in [4.69, 9.17) is 4.74 Å². The molecule has 1 aromatic rings. The van der Waals surface area contributed by atoms with Gasteiger partial charge in [-0.25, -0.2) is 4.79 Å². The highest BCUT2D eigenvalue weighted by molar-refractivity contribution is 7.10. The van der Waals surface area contributed by atoms with Gasteiger partial charge in [-0.2, -0.15) is 0 Å². The minimum absolute atomic E-state index is 0.0868. The highest BCUT2D eigenvalue weighted by Crippen LogP contribution is 2.27. The molecule has 6 heteroatoms. The highest BCUT2D eigenvalue weighted by Gasteiger charge is 2.24. The molecule has 2 amide bonds. The summed E-state index contributed by atoms with van der Waals surface area (Å²) in [5, 5.41) is 8.06. The summed E-state index contributed by atoms with van der Waals surface area (Å²) >= 11 is 1.77. The Labute approximate surface area is 136 Å². The second-order valence-electron chi connectivity index (χ2n) is 6.00. The molecule has 0 aliphatic carbocycles. The summed E-state index contributed by atoms with van der Waals surface area (Å²) in [5.41, 5.74) is 0. The monoisotopic (exact) mass is 323 g/mol. The highest BCUT2D eigenvalue weighted by atomic mass is 32.1. The van der Waals surface area contributed by atoms with Gasteiger partial charge in [0.25, 0.3) is 0 Å². The van der Waals surface area contributed by atoms with E-state index in [1.54, 1.807) is 11.3 Å². The van der Waals surface area contributed by atoms with Crippen LogP contribution in [0.15, 0.2) is 17.5 Å². The number of ether oxygens (including phenoxy) is 1. The molecule has 2 saturated heterocycles. The fourth-order valence-electron chi connectivity index (χ4n) is 3.21. The Morgan fingerprint density at radius 3 is 2.91 bits per heavy atom. The van der Waals surface area contributed by atoms with Crippen molar-refractivity contribution in [2.45, 2.75) is 37.8 Å². The molecule has 122 valence electrons. The molecule has 2 aliphatic rings. The maximum Gasteiger partial charge on any atom is 0.314 e. The number of rotatable bonds is 6. The first kappa shape index (κ1) is 15.8. The Morgan fingerprint density at radius 1 is 1.36 bits per heavy atom. The molecule has 0 unspecified atom stereocenters. The average Bonchev–Trinajstić information content (AvgIpc) is 3.27. The molecule has 0 bridgehead atoms. The largest absolute Gasteiger partial charge is 0.376 e. The van der Waals surface area contributed by atoms with E-state index < -0.39 is 0 Å². The number of amides is 2. The van der Waals surface area contributed by atoms with Crippen molar-refractivity contribution in [3.05, 3.63) is 22.4 Å². The number of thiophene rings is 1. The zero-order valence-electron chi connectivity index (χ0n) is 12.9. The third-order valence-electron chi connectivity index (χ3n) is 4.42. The van der Waals surface area contributed by atoms with Gasteiger partial charge in [0.2, 0.25) is 0 Å². The summed E-state index contributed by atoms with van der Waals surface area (Å²) in [5.74, 6) is 0. The van der Waals surface area contributed by atoms with Crippen LogP contribution < -0.4 is 10.6 Å². The number of carbonyl (C=O) groups excluding carboxylic acids is 1. The average molecular weight is 323 g/mol. The van der Waals surface area contributed by atoms with Crippen LogP contribution in [0.1, 0.15) is 36.6 Å². The van der Waals surface area contributed by atoms with E-state index in [-0.39, 0.29) is 12.1 Å². The van der Waals surface area contributed by atoms with Crippen LogP contribution in [0, 0.1) is 0 Å². The van der Waals surface area contributed by atoms with Crippen LogP contribution in [0.5, 0.6) is 0 Å². The zero-order chi connectivity index (χ0) is 15.2. The molecule has 2 aliphatic heterocycles. The van der Waals surface area contributed by atoms with Crippen LogP contribution in [-0.2, 0) is 4.74 Å². The van der Waals surface area contributed by atoms with E-state index in [2.05, 4.69) is 33.0 Å². The fraction of sp³-hybridized carbons (Fsp3) is 0.688. The first-order valence-electron chi connectivity index (χ1n) is 8.23. The van der Waals surface area contributed by atoms with Gasteiger partial charge in [0.15, 0.2) is 0 Å². The predicted molar refractivity (Wildman–Crippen MR) is 88.2 cm³/mol. The summed E-state index contributed by atoms with van der Waals surface area (Å²) in [4.78, 5) is 15.8. The standard InChI is InChI=1S/C16H25N3O2S/c20-16(17-11-13-5-3-9-21-13)18-12-14(15-6-4-10-22-15)19-7-1-2-8-19/h4,6,10,13-14H,1-3,5,7-9,11-12H2,(H2,17,18,20)/t13-,14-/m1/s1. The first-order chi connectivity index (χ1) is 10.8. The summed E-state index contributed by atoms with van der Waals surface area (Å²) in [7, 11) is 0. The van der Waals surface area contributed by atoms with Crippen LogP contribution in [-0.4, -0.2) is 49.8 Å². The van der Waals surface area contributed by atoms with Crippen molar-refractivity contribution in [2.24, 2.45) is 0 Å². The van der Waals surface area contributed by atoms with Gasteiger partial charge in [0.05, 0.1) is 12.1 Å². The molecular weight excluding hydrogens is 298 g/mol. The SMILES string of the molecule is O=C(NC[C@H]1CCCO1)NC[C@H](c1cccs1)N1CCCC1. The molecule has 0 spiro atoms. The van der Waals surface area contributed by atoms with Crippen LogP contribution >= 0.6 is 11.3 Å². The third kappa shape index (κ3) is 4.21. The van der Waals surface area contributed by atoms with E-state index in [0.29, 0.717) is 19.1 Å². The molecule has 0 radical (unpaired) electrons. The Morgan fingerprint density at radius 2 is 2.23 bits per heavy atom. The summed E-state index contributed by atoms with van der Waals surface area (Å²) in [6.45, 7) is 4.35. The molecule has 2 fully saturated rings. The molecule has 2 N–H and O–H groups in total. The molecule has 1 aromatic heterocycles. The Bertz CT molecular complexity index is 454. The van der Waals surface area contributed by atoms with Crippen molar-refractivity contribution in [3.8, 4) is 0 Å². The van der Waals surface area contributed by atoms with Crippen molar-refractivity contribution in [1.29, 1.82) is 0 Å². The Kier molecular flexibility index (Phi) is 5.70. The summed E-state index contributed by atoms with van der Waals surface area (Å²) in [6, 6.07) is 4.47. The topological polar surface area (TPSA) is 53.6 Å². The molecule has 5 nitrogen and oxygen atoms in total. The van der Waals surface area contributed by atoms with Gasteiger partial charge in [0, 0.05) is 24.6 Å². The summed E-state index contributed by atoms with van der Waals surface area (Å²) < 4.78 is 5.52. The lowest BCUT2D eigenvalue weighted by Crippen LogP contribution is -2.43. The fourth-order valence-corrected chi connectivity index (χ4v) is 4.07. The number of nitrogens with one attached hydrogen (secondary N) is 2. The number of hydrogen-bond donors (Lipinski definition) is 2. The minimum Gasteiger partial charge on any atom is -0.376 e. The van der Waals surface area contributed by atoms with Crippen LogP contribution in [0.4, 0.5) is 4.79 Å². The number of likely N-dealkylation sites (tertiary alicyclic amines) is 1. The third-order valence-corrected chi connectivity index (χ3v) is 5.40. The second kappa shape index (κ2) is 7.94. The van der Waals surface area contributed by atoms with Gasteiger partial charge >= 0.3 is 6.03 Å². The van der Waals surface area contributed by atoms with Crippen molar-refractivity contribution in [1.82, 2.24) is 15.5 Å². The predicted octanol–water partition coefficient (Wildman–Crippen LogP) is 2.36. The number of nitrogens with zero attached hydrogens (tertiary/aromatic N) is 1. The maximum absolute atomic E-state index is 12.0. The maximum atomic E-state index is 12.0. The summed E-state index contributed by atoms with van der Waals surface area (Å²) in [6.07, 6.45) is 4.85. The lowest BCUT2D eigenvalue weighted by molar-refractivity contribution is 0.111. The van der Waals surface area contributed by atoms with Gasteiger partial charge in [-0.05, 0) is 50.2 Å². The second-order valence-corrected chi connectivity index (χ2v) is 6.98. The molecular formula is C16H25N3O2S. The van der Waals surface area contributed by atoms with Crippen molar-refractivity contribution >= 4 is 17.4 Å². The molecule has 3 rings (SSSR count). The smallest absolute Gasteiger partial charge is 0.314 e. The molecule has 0 aromatic carbocycles. The zero-order valence-corrected chi connectivity index (χ0v) is 13.7. The lowest BCUT2D eigenvalue weighted by Gasteiger charge is -2.27. The first-order valence-corrected chi connectivity index (χ1v) is 9.11. The quantitative estimate of drug-likeness (QED) is 0.845. The van der Waals surface area contributed by atoms with E-state index in [0.717, 1.165) is 32.5 Å². The van der Waals surface area contributed by atoms with Crippen molar-refractivity contribution < 1.29 is 9.53 Å². The Hall–Kier alpha value is -1.11. The van der Waals surface area contributed by atoms with E-state index in [1.807, 2.05) is 0 Å². The van der Waals surface area contributed by atoms with E-state index >= 15 is 0 Å². The van der Waals surface area contributed by atoms with E-state index in [1.165, 1.54) is 17.7 Å². The molecule has 3 heterocycles. The van der Waals surface area contributed by atoms with Crippen LogP contribution in [0.2, 0.25) is 0 Å². The molecule has 22 heavy (non-hydrogen) atoms. The lowest BCUT2D eigenvalue weighted by atomic mass is 10.2. The van der Waals surface area contributed by atoms with Crippen molar-refractivity contribution in [2.75, 3.05) is 32.8 Å². The molecule has 2 atom stereocenters.